The zero-order valence-corrected chi connectivity index (χ0v) is 17.9. The number of likely N-dealkylation sites (tertiary alicyclic amines) is 1. The van der Waals surface area contributed by atoms with Crippen LogP contribution in [0.1, 0.15) is 27.9 Å². The van der Waals surface area contributed by atoms with Gasteiger partial charge in [-0.25, -0.2) is 0 Å². The van der Waals surface area contributed by atoms with Crippen molar-refractivity contribution in [2.75, 3.05) is 13.1 Å². The fourth-order valence-electron chi connectivity index (χ4n) is 3.83. The number of nitrogens with two attached hydrogens (primary N) is 1. The number of ether oxygens (including phenoxy) is 1. The van der Waals surface area contributed by atoms with Gasteiger partial charge in [-0.3, -0.25) is 9.69 Å². The van der Waals surface area contributed by atoms with E-state index in [-0.39, 0.29) is 6.10 Å². The Labute approximate surface area is 187 Å². The van der Waals surface area contributed by atoms with Crippen molar-refractivity contribution in [3.8, 4) is 16.9 Å². The molecule has 0 saturated carbocycles. The van der Waals surface area contributed by atoms with Crippen molar-refractivity contribution in [2.24, 2.45) is 5.73 Å². The molecule has 6 heteroatoms. The van der Waals surface area contributed by atoms with Crippen LogP contribution in [0.2, 0.25) is 5.02 Å². The third-order valence-corrected chi connectivity index (χ3v) is 5.85. The van der Waals surface area contributed by atoms with Crippen LogP contribution in [0.4, 0.5) is 0 Å². The van der Waals surface area contributed by atoms with Gasteiger partial charge in [-0.1, -0.05) is 48.0 Å². The van der Waals surface area contributed by atoms with Crippen LogP contribution in [-0.4, -0.2) is 35.1 Å². The van der Waals surface area contributed by atoms with Crippen LogP contribution >= 0.6 is 11.6 Å². The molecule has 3 aromatic carbocycles. The average molecular weight is 437 g/mol. The number of nitrogens with zero attached hydrogens (tertiary/aromatic N) is 1. The Morgan fingerprint density at radius 3 is 2.58 bits per heavy atom. The van der Waals surface area contributed by atoms with E-state index in [1.54, 1.807) is 12.1 Å². The van der Waals surface area contributed by atoms with E-state index in [1.165, 1.54) is 0 Å². The molecule has 0 unspecified atom stereocenters. The highest BCUT2D eigenvalue weighted by Crippen LogP contribution is 2.32. The third kappa shape index (κ3) is 5.25. The highest BCUT2D eigenvalue weighted by atomic mass is 35.5. The topological polar surface area (TPSA) is 75.8 Å². The first-order valence-corrected chi connectivity index (χ1v) is 10.7. The van der Waals surface area contributed by atoms with Crippen LogP contribution in [0, 0.1) is 0 Å². The molecule has 1 heterocycles. The molecular weight excluding hydrogens is 412 g/mol. The van der Waals surface area contributed by atoms with Crippen LogP contribution in [0.5, 0.6) is 5.75 Å². The minimum atomic E-state index is -0.447. The number of hydrogen-bond acceptors (Lipinski definition) is 4. The average Bonchev–Trinajstić information content (AvgIpc) is 3.18. The summed E-state index contributed by atoms with van der Waals surface area (Å²) < 4.78 is 6.14. The summed E-state index contributed by atoms with van der Waals surface area (Å²) in [6.45, 7) is 2.57. The molecule has 31 heavy (non-hydrogen) atoms. The van der Waals surface area contributed by atoms with E-state index in [0.717, 1.165) is 41.0 Å². The number of benzene rings is 3. The van der Waals surface area contributed by atoms with E-state index in [9.17, 15) is 9.90 Å². The molecule has 0 bridgehead atoms. The number of primary amides is 1. The lowest BCUT2D eigenvalue weighted by molar-refractivity contribution is 0.1000. The Morgan fingerprint density at radius 1 is 1.13 bits per heavy atom. The van der Waals surface area contributed by atoms with Crippen LogP contribution in [0.15, 0.2) is 66.7 Å². The number of halogens is 1. The van der Waals surface area contributed by atoms with E-state index in [1.807, 2.05) is 48.5 Å². The molecule has 3 N–H and O–H groups in total. The number of aliphatic hydroxyl groups is 1. The molecule has 1 aliphatic rings. The molecule has 3 aromatic rings. The molecule has 1 amide bonds. The van der Waals surface area contributed by atoms with Crippen LogP contribution < -0.4 is 10.5 Å². The van der Waals surface area contributed by atoms with Gasteiger partial charge in [-0.2, -0.15) is 0 Å². The van der Waals surface area contributed by atoms with Crippen LogP contribution in [-0.2, 0) is 13.2 Å². The first kappa shape index (κ1) is 21.4. The van der Waals surface area contributed by atoms with Crippen molar-refractivity contribution in [3.63, 3.8) is 0 Å². The standard InChI is InChI=1S/C25H25ClN2O3/c26-23-4-2-1-3-22(23)19-9-10-24(20(13-19)14-28-12-11-21(29)15-28)31-16-17-5-7-18(8-6-17)25(27)30/h1-10,13,21,29H,11-12,14-16H2,(H2,27,30)/t21-/m0/s1. The van der Waals surface area contributed by atoms with E-state index in [4.69, 9.17) is 22.1 Å². The molecule has 0 spiro atoms. The quantitative estimate of drug-likeness (QED) is 0.580. The van der Waals surface area contributed by atoms with Gasteiger partial charge >= 0.3 is 0 Å². The summed E-state index contributed by atoms with van der Waals surface area (Å²) in [5.41, 5.74) is 9.77. The molecule has 1 aliphatic heterocycles. The predicted molar refractivity (Wildman–Crippen MR) is 122 cm³/mol. The Morgan fingerprint density at radius 2 is 1.90 bits per heavy atom. The molecule has 5 nitrogen and oxygen atoms in total. The van der Waals surface area contributed by atoms with Gasteiger partial charge in [0.05, 0.1) is 6.10 Å². The highest BCUT2D eigenvalue weighted by molar-refractivity contribution is 6.33. The Kier molecular flexibility index (Phi) is 6.56. The fourth-order valence-corrected chi connectivity index (χ4v) is 4.07. The molecule has 0 aliphatic carbocycles. The van der Waals surface area contributed by atoms with Gasteiger partial charge < -0.3 is 15.6 Å². The maximum atomic E-state index is 11.3. The summed E-state index contributed by atoms with van der Waals surface area (Å²) in [5, 5.41) is 10.6. The molecule has 0 aromatic heterocycles. The maximum Gasteiger partial charge on any atom is 0.248 e. The summed E-state index contributed by atoms with van der Waals surface area (Å²) in [4.78, 5) is 13.5. The number of hydrogen-bond donors (Lipinski definition) is 2. The Bertz CT molecular complexity index is 1070. The zero-order chi connectivity index (χ0) is 21.8. The third-order valence-electron chi connectivity index (χ3n) is 5.52. The van der Waals surface area contributed by atoms with Crippen LogP contribution in [0.25, 0.3) is 11.1 Å². The number of carbonyl (C=O) groups is 1. The van der Waals surface area contributed by atoms with Gasteiger partial charge in [0.15, 0.2) is 0 Å². The normalized spacial score (nSPS) is 16.4. The Hall–Kier alpha value is -2.86. The first-order chi connectivity index (χ1) is 15.0. The minimum Gasteiger partial charge on any atom is -0.489 e. The number of β-amino-alcohol motifs (C(OH)–C–C–N with tert-alkyl or cyclic N) is 1. The second kappa shape index (κ2) is 9.52. The van der Waals surface area contributed by atoms with E-state index >= 15 is 0 Å². The van der Waals surface area contributed by atoms with E-state index < -0.39 is 5.91 Å². The number of rotatable bonds is 7. The monoisotopic (exact) mass is 436 g/mol. The highest BCUT2D eigenvalue weighted by Gasteiger charge is 2.21. The lowest BCUT2D eigenvalue weighted by atomic mass is 10.0. The minimum absolute atomic E-state index is 0.278. The zero-order valence-electron chi connectivity index (χ0n) is 17.1. The predicted octanol–water partition coefficient (Wildman–Crippen LogP) is 4.25. The summed E-state index contributed by atoms with van der Waals surface area (Å²) >= 11 is 6.41. The molecule has 160 valence electrons. The molecular formula is C25H25ClN2O3. The van der Waals surface area contributed by atoms with Crippen molar-refractivity contribution < 1.29 is 14.6 Å². The molecule has 1 atom stereocenters. The van der Waals surface area contributed by atoms with Crippen LogP contribution in [0.3, 0.4) is 0 Å². The molecule has 0 radical (unpaired) electrons. The second-order valence-electron chi connectivity index (χ2n) is 7.83. The van der Waals surface area contributed by atoms with Crippen molar-refractivity contribution in [3.05, 3.63) is 88.4 Å². The fraction of sp³-hybridized carbons (Fsp3) is 0.240. The van der Waals surface area contributed by atoms with Gasteiger partial charge in [0.2, 0.25) is 5.91 Å². The van der Waals surface area contributed by atoms with Gasteiger partial charge in [0.25, 0.3) is 0 Å². The number of aliphatic hydroxyl groups excluding tert-OH is 1. The molecule has 4 rings (SSSR count). The number of carbonyl (C=O) groups excluding carboxylic acids is 1. The first-order valence-electron chi connectivity index (χ1n) is 10.3. The largest absolute Gasteiger partial charge is 0.489 e. The maximum absolute atomic E-state index is 11.3. The smallest absolute Gasteiger partial charge is 0.248 e. The van der Waals surface area contributed by atoms with Gasteiger partial charge in [0, 0.05) is 41.3 Å². The van der Waals surface area contributed by atoms with Gasteiger partial charge in [-0.15, -0.1) is 0 Å². The van der Waals surface area contributed by atoms with Crippen molar-refractivity contribution in [1.82, 2.24) is 4.90 Å². The van der Waals surface area contributed by atoms with Gasteiger partial charge in [0.1, 0.15) is 12.4 Å². The number of amides is 1. The summed E-state index contributed by atoms with van der Waals surface area (Å²) in [7, 11) is 0. The van der Waals surface area contributed by atoms with Crippen molar-refractivity contribution >= 4 is 17.5 Å². The van der Waals surface area contributed by atoms with Crippen molar-refractivity contribution in [2.45, 2.75) is 25.7 Å². The molecule has 1 saturated heterocycles. The Balaban J connectivity index is 1.57. The molecule has 1 fully saturated rings. The lowest BCUT2D eigenvalue weighted by Crippen LogP contribution is -2.22. The van der Waals surface area contributed by atoms with Crippen molar-refractivity contribution in [1.29, 1.82) is 0 Å². The summed E-state index contributed by atoms with van der Waals surface area (Å²) in [6, 6.07) is 20.9. The van der Waals surface area contributed by atoms with E-state index in [2.05, 4.69) is 11.0 Å². The SMILES string of the molecule is NC(=O)c1ccc(COc2ccc(-c3ccccc3Cl)cc2CN2CC[C@H](O)C2)cc1. The lowest BCUT2D eigenvalue weighted by Gasteiger charge is -2.19. The summed E-state index contributed by atoms with van der Waals surface area (Å²) in [5.74, 6) is 0.342. The second-order valence-corrected chi connectivity index (χ2v) is 8.24. The van der Waals surface area contributed by atoms with Gasteiger partial charge in [-0.05, 0) is 47.9 Å². The summed E-state index contributed by atoms with van der Waals surface area (Å²) in [6.07, 6.45) is 0.506. The van der Waals surface area contributed by atoms with E-state index in [0.29, 0.717) is 30.3 Å².